The van der Waals surface area contributed by atoms with E-state index in [1.807, 2.05) is 29.2 Å². The van der Waals surface area contributed by atoms with E-state index < -0.39 is 11.6 Å². The maximum atomic E-state index is 14.0. The molecule has 4 aromatic rings. The second kappa shape index (κ2) is 7.98. The molecule has 8 heteroatoms. The molecule has 4 heterocycles. The predicted octanol–water partition coefficient (Wildman–Crippen LogP) is 5.97. The first-order valence-corrected chi connectivity index (χ1v) is 12.1. The topological polar surface area (TPSA) is 51.0 Å². The molecule has 1 fully saturated rings. The summed E-state index contributed by atoms with van der Waals surface area (Å²) in [5, 5.41) is 5.66. The highest BCUT2D eigenvalue weighted by Gasteiger charge is 2.43. The lowest BCUT2D eigenvalue weighted by Crippen LogP contribution is -2.49. The van der Waals surface area contributed by atoms with Crippen LogP contribution in [0.2, 0.25) is 0 Å². The standard InChI is InChI=1S/C26H21BrF2N4O/c1-32-25(16-9-18(28)11-19(29)10-16)21-12-20-3-2-4-23(24(21)31-32)33(20)26(34)14-5-6-22-15(7-14)8-17(27)13-30-22/h5-11,13,20,23H,2-4,12H2,1H3/t20-,23+/m0/s1. The summed E-state index contributed by atoms with van der Waals surface area (Å²) in [5.74, 6) is -1.25. The first-order valence-electron chi connectivity index (χ1n) is 11.3. The number of carbonyl (C=O) groups is 1. The molecule has 5 nitrogen and oxygen atoms in total. The lowest BCUT2D eigenvalue weighted by molar-refractivity contribution is 0.0392. The number of hydrogen-bond acceptors (Lipinski definition) is 3. The molecule has 1 saturated heterocycles. The molecule has 2 atom stereocenters. The number of aryl methyl sites for hydroxylation is 1. The van der Waals surface area contributed by atoms with Gasteiger partial charge in [0.25, 0.3) is 5.91 Å². The third-order valence-corrected chi connectivity index (χ3v) is 7.37. The molecule has 0 aliphatic carbocycles. The van der Waals surface area contributed by atoms with Crippen molar-refractivity contribution in [1.82, 2.24) is 19.7 Å². The van der Waals surface area contributed by atoms with Gasteiger partial charge in [-0.05, 0) is 78.0 Å². The number of nitrogens with zero attached hydrogens (tertiary/aromatic N) is 4. The van der Waals surface area contributed by atoms with E-state index in [4.69, 9.17) is 5.10 Å². The highest BCUT2D eigenvalue weighted by atomic mass is 79.9. The van der Waals surface area contributed by atoms with Gasteiger partial charge in [-0.3, -0.25) is 14.5 Å². The van der Waals surface area contributed by atoms with Crippen LogP contribution in [-0.2, 0) is 13.5 Å². The minimum absolute atomic E-state index is 0.0106. The minimum atomic E-state index is -0.616. The molecule has 0 radical (unpaired) electrons. The molecule has 6 rings (SSSR count). The van der Waals surface area contributed by atoms with E-state index in [1.165, 1.54) is 12.1 Å². The molecule has 2 aliphatic rings. The zero-order chi connectivity index (χ0) is 23.6. The molecule has 2 bridgehead atoms. The van der Waals surface area contributed by atoms with Crippen LogP contribution in [0.1, 0.15) is 46.9 Å². The molecule has 0 spiro atoms. The molecule has 172 valence electrons. The van der Waals surface area contributed by atoms with E-state index in [2.05, 4.69) is 20.9 Å². The van der Waals surface area contributed by atoms with Crippen molar-refractivity contribution in [3.63, 3.8) is 0 Å². The summed E-state index contributed by atoms with van der Waals surface area (Å²) in [4.78, 5) is 20.1. The average Bonchev–Trinajstić information content (AvgIpc) is 3.12. The Morgan fingerprint density at radius 3 is 2.68 bits per heavy atom. The molecule has 1 amide bonds. The third-order valence-electron chi connectivity index (χ3n) is 6.94. The Hall–Kier alpha value is -3.13. The Labute approximate surface area is 203 Å². The van der Waals surface area contributed by atoms with E-state index in [1.54, 1.807) is 17.9 Å². The van der Waals surface area contributed by atoms with Crippen LogP contribution >= 0.6 is 15.9 Å². The van der Waals surface area contributed by atoms with Gasteiger partial charge in [-0.15, -0.1) is 0 Å². The fraction of sp³-hybridized carbons (Fsp3) is 0.269. The van der Waals surface area contributed by atoms with Crippen molar-refractivity contribution >= 4 is 32.7 Å². The molecule has 2 aromatic heterocycles. The average molecular weight is 523 g/mol. The smallest absolute Gasteiger partial charge is 0.254 e. The van der Waals surface area contributed by atoms with Crippen LogP contribution in [0, 0.1) is 11.6 Å². The minimum Gasteiger partial charge on any atom is -0.327 e. The Bertz CT molecular complexity index is 1450. The van der Waals surface area contributed by atoms with Gasteiger partial charge >= 0.3 is 0 Å². The number of halogens is 3. The number of carbonyl (C=O) groups excluding carboxylic acids is 1. The van der Waals surface area contributed by atoms with Gasteiger partial charge in [-0.2, -0.15) is 5.10 Å². The van der Waals surface area contributed by atoms with Gasteiger partial charge in [0.15, 0.2) is 0 Å². The van der Waals surface area contributed by atoms with Gasteiger partial charge in [-0.25, -0.2) is 8.78 Å². The van der Waals surface area contributed by atoms with E-state index in [-0.39, 0.29) is 18.0 Å². The lowest BCUT2D eigenvalue weighted by Gasteiger charge is -2.45. The number of piperidine rings is 1. The van der Waals surface area contributed by atoms with Gasteiger partial charge in [0, 0.05) is 51.9 Å². The van der Waals surface area contributed by atoms with E-state index in [9.17, 15) is 13.6 Å². The summed E-state index contributed by atoms with van der Waals surface area (Å²) in [6.07, 6.45) is 5.05. The van der Waals surface area contributed by atoms with Crippen molar-refractivity contribution in [3.05, 3.63) is 81.6 Å². The van der Waals surface area contributed by atoms with Gasteiger partial charge in [-0.1, -0.05) is 0 Å². The number of aromatic nitrogens is 3. The largest absolute Gasteiger partial charge is 0.327 e. The first-order chi connectivity index (χ1) is 16.4. The third kappa shape index (κ3) is 3.43. The van der Waals surface area contributed by atoms with Crippen LogP contribution < -0.4 is 0 Å². The highest BCUT2D eigenvalue weighted by Crippen LogP contribution is 2.45. The number of pyridine rings is 1. The van der Waals surface area contributed by atoms with Crippen molar-refractivity contribution in [3.8, 4) is 11.3 Å². The van der Waals surface area contributed by atoms with Crippen LogP contribution in [0.25, 0.3) is 22.2 Å². The van der Waals surface area contributed by atoms with Crippen molar-refractivity contribution in [2.45, 2.75) is 37.8 Å². The first kappa shape index (κ1) is 21.4. The number of hydrogen-bond donors (Lipinski definition) is 0. The van der Waals surface area contributed by atoms with Gasteiger partial charge in [0.2, 0.25) is 0 Å². The van der Waals surface area contributed by atoms with Crippen LogP contribution in [0.15, 0.2) is 53.1 Å². The summed E-state index contributed by atoms with van der Waals surface area (Å²) in [6.45, 7) is 0. The Morgan fingerprint density at radius 2 is 1.88 bits per heavy atom. The summed E-state index contributed by atoms with van der Waals surface area (Å²) in [7, 11) is 1.79. The molecule has 0 unspecified atom stereocenters. The zero-order valence-corrected chi connectivity index (χ0v) is 20.0. The van der Waals surface area contributed by atoms with Crippen LogP contribution in [0.5, 0.6) is 0 Å². The van der Waals surface area contributed by atoms with Crippen LogP contribution in [-0.4, -0.2) is 31.6 Å². The van der Waals surface area contributed by atoms with Crippen molar-refractivity contribution in [2.24, 2.45) is 7.05 Å². The Balaban J connectivity index is 1.42. The molecule has 0 N–H and O–H groups in total. The van der Waals surface area contributed by atoms with E-state index in [0.29, 0.717) is 17.5 Å². The Kier molecular flexibility index (Phi) is 5.02. The number of rotatable bonds is 2. The van der Waals surface area contributed by atoms with Crippen LogP contribution in [0.4, 0.5) is 8.78 Å². The van der Waals surface area contributed by atoms with Gasteiger partial charge in [0.1, 0.15) is 11.6 Å². The van der Waals surface area contributed by atoms with Gasteiger partial charge < -0.3 is 4.90 Å². The number of fused-ring (bicyclic) bond motifs is 5. The number of benzene rings is 2. The summed E-state index contributed by atoms with van der Waals surface area (Å²) in [5.41, 5.74) is 4.46. The van der Waals surface area contributed by atoms with E-state index in [0.717, 1.165) is 57.7 Å². The quantitative estimate of drug-likeness (QED) is 0.326. The molecule has 0 saturated carbocycles. The fourth-order valence-corrected chi connectivity index (χ4v) is 5.94. The van der Waals surface area contributed by atoms with E-state index >= 15 is 0 Å². The lowest BCUT2D eigenvalue weighted by atomic mass is 9.81. The second-order valence-corrected chi connectivity index (χ2v) is 9.99. The second-order valence-electron chi connectivity index (χ2n) is 9.07. The summed E-state index contributed by atoms with van der Waals surface area (Å²) < 4.78 is 30.5. The van der Waals surface area contributed by atoms with Crippen molar-refractivity contribution in [2.75, 3.05) is 0 Å². The van der Waals surface area contributed by atoms with Crippen molar-refractivity contribution in [1.29, 1.82) is 0 Å². The normalized spacial score (nSPS) is 19.4. The zero-order valence-electron chi connectivity index (χ0n) is 18.4. The molecular formula is C26H21BrF2N4O. The Morgan fingerprint density at radius 1 is 1.09 bits per heavy atom. The van der Waals surface area contributed by atoms with Crippen molar-refractivity contribution < 1.29 is 13.6 Å². The molecular weight excluding hydrogens is 502 g/mol. The summed E-state index contributed by atoms with van der Waals surface area (Å²) in [6, 6.07) is 11.0. The van der Waals surface area contributed by atoms with Gasteiger partial charge in [0.05, 0.1) is 22.9 Å². The van der Waals surface area contributed by atoms with Crippen LogP contribution in [0.3, 0.4) is 0 Å². The molecule has 2 aromatic carbocycles. The number of amides is 1. The molecule has 34 heavy (non-hydrogen) atoms. The molecule has 2 aliphatic heterocycles. The maximum absolute atomic E-state index is 14.0. The maximum Gasteiger partial charge on any atom is 0.254 e. The highest BCUT2D eigenvalue weighted by molar-refractivity contribution is 9.10. The fourth-order valence-electron chi connectivity index (χ4n) is 5.59. The predicted molar refractivity (Wildman–Crippen MR) is 128 cm³/mol. The summed E-state index contributed by atoms with van der Waals surface area (Å²) >= 11 is 3.45. The monoisotopic (exact) mass is 522 g/mol. The SMILES string of the molecule is Cn1nc2c(c1-c1cc(F)cc(F)c1)C[C@@H]1CCC[C@H]2N1C(=O)c1ccc2ncc(Br)cc2c1.